The Kier molecular flexibility index (Phi) is 5.36. The fraction of sp³-hybridized carbons (Fsp3) is 0.263. The quantitative estimate of drug-likeness (QED) is 0.831. The molecule has 0 saturated carbocycles. The van der Waals surface area contributed by atoms with Gasteiger partial charge in [0.25, 0.3) is 5.91 Å². The molecular formula is C19H18FNO5. The maximum Gasteiger partial charge on any atom is 0.311 e. The van der Waals surface area contributed by atoms with Crippen LogP contribution < -0.4 is 14.8 Å². The van der Waals surface area contributed by atoms with Crippen molar-refractivity contribution in [3.05, 3.63) is 53.8 Å². The van der Waals surface area contributed by atoms with Gasteiger partial charge < -0.3 is 19.5 Å². The molecule has 0 radical (unpaired) electrons. The van der Waals surface area contributed by atoms with Crippen molar-refractivity contribution in [2.45, 2.75) is 19.4 Å². The third kappa shape index (κ3) is 4.50. The van der Waals surface area contributed by atoms with Crippen molar-refractivity contribution >= 4 is 17.6 Å². The molecule has 1 aliphatic rings. The van der Waals surface area contributed by atoms with Crippen molar-refractivity contribution in [1.82, 2.24) is 0 Å². The number of anilines is 1. The van der Waals surface area contributed by atoms with Gasteiger partial charge in [-0.1, -0.05) is 12.1 Å². The van der Waals surface area contributed by atoms with Crippen LogP contribution in [0.3, 0.4) is 0 Å². The van der Waals surface area contributed by atoms with E-state index in [1.54, 1.807) is 18.2 Å². The van der Waals surface area contributed by atoms with Crippen molar-refractivity contribution in [1.29, 1.82) is 0 Å². The molecule has 3 rings (SSSR count). The Bertz CT molecular complexity index is 806. The average Bonchev–Trinajstić information content (AvgIpc) is 2.63. The predicted octanol–water partition coefficient (Wildman–Crippen LogP) is 2.71. The summed E-state index contributed by atoms with van der Waals surface area (Å²) >= 11 is 0. The summed E-state index contributed by atoms with van der Waals surface area (Å²) < 4.78 is 28.9. The van der Waals surface area contributed by atoms with E-state index >= 15 is 0 Å². The SMILES string of the molecule is C[C@H](OC(=O)Cc1ccc(F)cc1)C(=O)Nc1ccc2c(c1)OCCO2. The van der Waals surface area contributed by atoms with Crippen LogP contribution in [0.4, 0.5) is 10.1 Å². The van der Waals surface area contributed by atoms with Gasteiger partial charge in [0.1, 0.15) is 19.0 Å². The molecule has 1 amide bonds. The van der Waals surface area contributed by atoms with E-state index in [2.05, 4.69) is 5.32 Å². The van der Waals surface area contributed by atoms with Gasteiger partial charge in [-0.25, -0.2) is 4.39 Å². The van der Waals surface area contributed by atoms with E-state index in [0.717, 1.165) is 0 Å². The highest BCUT2D eigenvalue weighted by Crippen LogP contribution is 2.32. The molecule has 0 bridgehead atoms. The normalized spacial score (nSPS) is 13.6. The molecule has 2 aromatic carbocycles. The monoisotopic (exact) mass is 359 g/mol. The minimum Gasteiger partial charge on any atom is -0.486 e. The molecule has 2 aromatic rings. The first-order chi connectivity index (χ1) is 12.5. The van der Waals surface area contributed by atoms with E-state index in [0.29, 0.717) is 36.0 Å². The Labute approximate surface area is 149 Å². The highest BCUT2D eigenvalue weighted by atomic mass is 19.1. The molecule has 0 saturated heterocycles. The van der Waals surface area contributed by atoms with Crippen LogP contribution in [0.25, 0.3) is 0 Å². The molecule has 136 valence electrons. The van der Waals surface area contributed by atoms with Crippen molar-refractivity contribution in [3.8, 4) is 11.5 Å². The third-order valence-electron chi connectivity index (χ3n) is 3.75. The summed E-state index contributed by atoms with van der Waals surface area (Å²) in [5, 5.41) is 2.67. The van der Waals surface area contributed by atoms with Gasteiger partial charge in [-0.05, 0) is 36.8 Å². The van der Waals surface area contributed by atoms with Gasteiger partial charge in [0.05, 0.1) is 6.42 Å². The molecule has 0 unspecified atom stereocenters. The Balaban J connectivity index is 1.54. The van der Waals surface area contributed by atoms with Crippen molar-refractivity contribution in [3.63, 3.8) is 0 Å². The van der Waals surface area contributed by atoms with Crippen molar-refractivity contribution in [2.24, 2.45) is 0 Å². The number of carbonyl (C=O) groups is 2. The van der Waals surface area contributed by atoms with E-state index in [-0.39, 0.29) is 12.2 Å². The van der Waals surface area contributed by atoms with Gasteiger partial charge in [0.15, 0.2) is 17.6 Å². The number of hydrogen-bond donors (Lipinski definition) is 1. The molecule has 1 heterocycles. The first kappa shape index (κ1) is 17.7. The van der Waals surface area contributed by atoms with Gasteiger partial charge in [0, 0.05) is 11.8 Å². The smallest absolute Gasteiger partial charge is 0.311 e. The van der Waals surface area contributed by atoms with Gasteiger partial charge in [-0.2, -0.15) is 0 Å². The second-order valence-electron chi connectivity index (χ2n) is 5.78. The molecular weight excluding hydrogens is 341 g/mol. The Morgan fingerprint density at radius 2 is 1.81 bits per heavy atom. The highest BCUT2D eigenvalue weighted by molar-refractivity contribution is 5.95. The average molecular weight is 359 g/mol. The number of halogens is 1. The number of rotatable bonds is 5. The Morgan fingerprint density at radius 1 is 1.12 bits per heavy atom. The molecule has 6 nitrogen and oxygen atoms in total. The summed E-state index contributed by atoms with van der Waals surface area (Å²) in [6.45, 7) is 2.41. The number of fused-ring (bicyclic) bond motifs is 1. The third-order valence-corrected chi connectivity index (χ3v) is 3.75. The standard InChI is InChI=1S/C19H18FNO5/c1-12(26-18(22)10-13-2-4-14(20)5-3-13)19(23)21-15-6-7-16-17(11-15)25-9-8-24-16/h2-7,11-12H,8-10H2,1H3,(H,21,23)/t12-/m0/s1. The fourth-order valence-electron chi connectivity index (χ4n) is 2.43. The van der Waals surface area contributed by atoms with Gasteiger partial charge >= 0.3 is 5.97 Å². The molecule has 0 aliphatic carbocycles. The molecule has 0 spiro atoms. The predicted molar refractivity (Wildman–Crippen MR) is 91.7 cm³/mol. The van der Waals surface area contributed by atoms with Crippen LogP contribution in [0.2, 0.25) is 0 Å². The van der Waals surface area contributed by atoms with Gasteiger partial charge in [0.2, 0.25) is 0 Å². The van der Waals surface area contributed by atoms with E-state index in [9.17, 15) is 14.0 Å². The van der Waals surface area contributed by atoms with Crippen LogP contribution in [0.1, 0.15) is 12.5 Å². The lowest BCUT2D eigenvalue weighted by Crippen LogP contribution is -2.30. The molecule has 1 N–H and O–H groups in total. The lowest BCUT2D eigenvalue weighted by Gasteiger charge is -2.19. The number of ether oxygens (including phenoxy) is 3. The summed E-state index contributed by atoms with van der Waals surface area (Å²) in [4.78, 5) is 24.1. The minimum absolute atomic E-state index is 0.0398. The number of esters is 1. The number of nitrogens with one attached hydrogen (secondary N) is 1. The zero-order valence-electron chi connectivity index (χ0n) is 14.2. The zero-order chi connectivity index (χ0) is 18.5. The van der Waals surface area contributed by atoms with Crippen LogP contribution >= 0.6 is 0 Å². The molecule has 0 aromatic heterocycles. The van der Waals surface area contributed by atoms with E-state index in [4.69, 9.17) is 14.2 Å². The molecule has 26 heavy (non-hydrogen) atoms. The zero-order valence-corrected chi connectivity index (χ0v) is 14.2. The maximum absolute atomic E-state index is 12.9. The van der Waals surface area contributed by atoms with Crippen LogP contribution in [0, 0.1) is 5.82 Å². The van der Waals surface area contributed by atoms with Crippen LogP contribution in [0.15, 0.2) is 42.5 Å². The minimum atomic E-state index is -0.976. The van der Waals surface area contributed by atoms with Crippen molar-refractivity contribution in [2.75, 3.05) is 18.5 Å². The Hall–Kier alpha value is -3.09. The number of amides is 1. The highest BCUT2D eigenvalue weighted by Gasteiger charge is 2.19. The summed E-state index contributed by atoms with van der Waals surface area (Å²) in [5.41, 5.74) is 1.12. The second-order valence-corrected chi connectivity index (χ2v) is 5.78. The maximum atomic E-state index is 12.9. The van der Waals surface area contributed by atoms with Gasteiger partial charge in [-0.3, -0.25) is 9.59 Å². The number of carbonyl (C=O) groups excluding carboxylic acids is 2. The first-order valence-corrected chi connectivity index (χ1v) is 8.16. The lowest BCUT2D eigenvalue weighted by atomic mass is 10.1. The largest absolute Gasteiger partial charge is 0.486 e. The Morgan fingerprint density at radius 3 is 2.54 bits per heavy atom. The summed E-state index contributed by atoms with van der Waals surface area (Å²) in [6.07, 6.45) is -1.02. The summed E-state index contributed by atoms with van der Waals surface area (Å²) in [7, 11) is 0. The van der Waals surface area contributed by atoms with Crippen LogP contribution in [0.5, 0.6) is 11.5 Å². The van der Waals surface area contributed by atoms with Crippen molar-refractivity contribution < 1.29 is 28.2 Å². The van der Waals surface area contributed by atoms with E-state index in [1.165, 1.54) is 31.2 Å². The lowest BCUT2D eigenvalue weighted by molar-refractivity contribution is -0.152. The molecule has 0 fully saturated rings. The number of benzene rings is 2. The second kappa shape index (κ2) is 7.86. The first-order valence-electron chi connectivity index (χ1n) is 8.16. The van der Waals surface area contributed by atoms with E-state index < -0.39 is 18.0 Å². The van der Waals surface area contributed by atoms with E-state index in [1.807, 2.05) is 0 Å². The van der Waals surface area contributed by atoms with Crippen LogP contribution in [-0.2, 0) is 20.7 Å². The molecule has 1 atom stereocenters. The topological polar surface area (TPSA) is 73.9 Å². The fourth-order valence-corrected chi connectivity index (χ4v) is 2.43. The summed E-state index contributed by atoms with van der Waals surface area (Å²) in [6, 6.07) is 10.6. The number of hydrogen-bond acceptors (Lipinski definition) is 5. The molecule has 1 aliphatic heterocycles. The summed E-state index contributed by atoms with van der Waals surface area (Å²) in [5.74, 6) is -0.243. The molecule has 7 heteroatoms. The van der Waals surface area contributed by atoms with Crippen LogP contribution in [-0.4, -0.2) is 31.2 Å². The van der Waals surface area contributed by atoms with Gasteiger partial charge in [-0.15, -0.1) is 0 Å².